The molecule has 1 aromatic carbocycles. The first kappa shape index (κ1) is 34.6. The zero-order chi connectivity index (χ0) is 31.1. The second-order valence-electron chi connectivity index (χ2n) is 10.6. The van der Waals surface area contributed by atoms with Crippen LogP contribution in [-0.4, -0.2) is 54.6 Å². The Morgan fingerprint density at radius 1 is 1.27 bits per heavy atom. The molecule has 41 heavy (non-hydrogen) atoms. The Bertz CT molecular complexity index is 1230. The first-order chi connectivity index (χ1) is 19.1. The number of hydrogen-bond donors (Lipinski definition) is 2. The van der Waals surface area contributed by atoms with Gasteiger partial charge < -0.3 is 15.2 Å². The molecule has 0 unspecified atom stereocenters. The number of halogens is 6. The second kappa shape index (κ2) is 14.5. The summed E-state index contributed by atoms with van der Waals surface area (Å²) < 4.78 is 89.3. The van der Waals surface area contributed by atoms with Crippen LogP contribution in [0, 0.1) is 17.3 Å². The van der Waals surface area contributed by atoms with Gasteiger partial charge in [-0.15, -0.1) is 0 Å². The Hall–Kier alpha value is -2.58. The molecule has 8 nitrogen and oxygen atoms in total. The van der Waals surface area contributed by atoms with E-state index in [4.69, 9.17) is 20.0 Å². The molecule has 3 atom stereocenters. The van der Waals surface area contributed by atoms with Crippen LogP contribution in [0.2, 0.25) is 5.02 Å². The largest absolute Gasteiger partial charge is 0.434 e. The smallest absolute Gasteiger partial charge is 0.394 e. The number of aliphatic hydroxyl groups is 1. The summed E-state index contributed by atoms with van der Waals surface area (Å²) in [6, 6.07) is 3.86. The minimum Gasteiger partial charge on any atom is -0.434 e. The molecule has 1 aliphatic rings. The molecule has 0 spiro atoms. The molecule has 1 amide bonds. The molecule has 1 fully saturated rings. The third-order valence-electron chi connectivity index (χ3n) is 7.08. The van der Waals surface area contributed by atoms with Gasteiger partial charge in [0.2, 0.25) is 0 Å². The fourth-order valence-electron chi connectivity index (χ4n) is 4.71. The van der Waals surface area contributed by atoms with E-state index in [9.17, 15) is 31.9 Å². The van der Waals surface area contributed by atoms with Crippen molar-refractivity contribution in [1.29, 1.82) is 0 Å². The Morgan fingerprint density at radius 2 is 1.90 bits per heavy atom. The maximum absolute atomic E-state index is 13.4. The number of aromatic nitrogens is 2. The van der Waals surface area contributed by atoms with Crippen molar-refractivity contribution in [2.24, 2.45) is 17.3 Å². The lowest BCUT2D eigenvalue weighted by Crippen LogP contribution is -2.38. The standard InChI is InChI=1S/C26H33ClF5N3O3.O2S/c1-5-35-22(20(27)21(34-35)23(37)33-13-16-8-6-14(2)10-18(16)36)17-9-7-15(11-19(17)38-24(28)29)12-25(3,4)26(30,31)32;1-3-2/h7,9,11,14,16,18,24,36H,5-6,8,10,12-13H2,1-4H3,(H,33,37);/t14-,16+,18-;/m1./s1. The van der Waals surface area contributed by atoms with Crippen molar-refractivity contribution in [3.8, 4) is 17.0 Å². The number of aliphatic hydroxyl groups excluding tert-OH is 1. The second-order valence-corrected chi connectivity index (χ2v) is 11.1. The highest BCUT2D eigenvalue weighted by molar-refractivity contribution is 7.51. The number of nitrogens with zero attached hydrogens (tertiary/aromatic N) is 2. The lowest BCUT2D eigenvalue weighted by molar-refractivity contribution is -0.211. The summed E-state index contributed by atoms with van der Waals surface area (Å²) in [4.78, 5) is 12.9. The number of carbonyl (C=O) groups is 1. The normalized spacial score (nSPS) is 19.4. The van der Waals surface area contributed by atoms with E-state index in [1.54, 1.807) is 6.92 Å². The molecule has 2 N–H and O–H groups in total. The van der Waals surface area contributed by atoms with Crippen molar-refractivity contribution in [1.82, 2.24) is 15.1 Å². The van der Waals surface area contributed by atoms with Crippen molar-refractivity contribution in [2.45, 2.75) is 78.8 Å². The van der Waals surface area contributed by atoms with Crippen molar-refractivity contribution in [2.75, 3.05) is 6.54 Å². The van der Waals surface area contributed by atoms with Crippen molar-refractivity contribution >= 4 is 29.1 Å². The summed E-state index contributed by atoms with van der Waals surface area (Å²) in [5.41, 5.74) is -1.90. The SMILES string of the molecule is CCn1nc(C(=O)NC[C@@H]2CC[C@@H](C)C[C@H]2O)c(Cl)c1-c1ccc(CC(C)(C)C(F)(F)F)cc1OC(F)F.O=S=O. The number of hydrogen-bond acceptors (Lipinski definition) is 6. The van der Waals surface area contributed by atoms with Gasteiger partial charge in [-0.1, -0.05) is 44.9 Å². The Balaban J connectivity index is 0.00000187. The zero-order valence-corrected chi connectivity index (χ0v) is 24.5. The van der Waals surface area contributed by atoms with Crippen LogP contribution in [0.5, 0.6) is 5.75 Å². The molecule has 1 saturated carbocycles. The van der Waals surface area contributed by atoms with Gasteiger partial charge in [0.05, 0.1) is 22.2 Å². The lowest BCUT2D eigenvalue weighted by Gasteiger charge is -2.31. The van der Waals surface area contributed by atoms with Crippen LogP contribution in [0.1, 0.15) is 63.0 Å². The van der Waals surface area contributed by atoms with E-state index in [1.807, 2.05) is 0 Å². The quantitative estimate of drug-likeness (QED) is 0.339. The summed E-state index contributed by atoms with van der Waals surface area (Å²) >= 11 is 5.79. The third kappa shape index (κ3) is 8.95. The summed E-state index contributed by atoms with van der Waals surface area (Å²) in [5.74, 6) is -0.668. The molecule has 2 aromatic rings. The van der Waals surface area contributed by atoms with E-state index in [2.05, 4.69) is 22.1 Å². The van der Waals surface area contributed by atoms with E-state index >= 15 is 0 Å². The van der Waals surface area contributed by atoms with Crippen LogP contribution < -0.4 is 10.1 Å². The van der Waals surface area contributed by atoms with Gasteiger partial charge in [-0.3, -0.25) is 9.48 Å². The van der Waals surface area contributed by atoms with Crippen molar-refractivity contribution in [3.63, 3.8) is 0 Å². The fourth-order valence-corrected chi connectivity index (χ4v) is 5.03. The molecule has 15 heteroatoms. The molecule has 230 valence electrons. The number of ether oxygens (including phenoxy) is 1. The van der Waals surface area contributed by atoms with Gasteiger partial charge in [-0.25, -0.2) is 0 Å². The molecule has 1 aromatic heterocycles. The van der Waals surface area contributed by atoms with Gasteiger partial charge in [-0.2, -0.15) is 35.5 Å². The number of carbonyl (C=O) groups excluding carboxylic acids is 1. The summed E-state index contributed by atoms with van der Waals surface area (Å²) in [6.07, 6.45) is -3.15. The number of aryl methyl sites for hydroxylation is 1. The Labute approximate surface area is 243 Å². The monoisotopic (exact) mass is 629 g/mol. The third-order valence-corrected chi connectivity index (χ3v) is 7.44. The average Bonchev–Trinajstić information content (AvgIpc) is 3.19. The lowest BCUT2D eigenvalue weighted by atomic mass is 9.81. The van der Waals surface area contributed by atoms with E-state index in [1.165, 1.54) is 16.8 Å². The van der Waals surface area contributed by atoms with E-state index in [-0.39, 0.29) is 52.3 Å². The number of alkyl halides is 5. The van der Waals surface area contributed by atoms with Crippen molar-refractivity contribution < 1.29 is 45.0 Å². The number of nitrogens with one attached hydrogen (secondary N) is 1. The van der Waals surface area contributed by atoms with Crippen LogP contribution in [0.15, 0.2) is 18.2 Å². The highest BCUT2D eigenvalue weighted by Crippen LogP contribution is 2.43. The molecule has 0 saturated heterocycles. The van der Waals surface area contributed by atoms with Crippen LogP contribution in [0.4, 0.5) is 22.0 Å². The van der Waals surface area contributed by atoms with E-state index in [0.29, 0.717) is 12.3 Å². The van der Waals surface area contributed by atoms with Gasteiger partial charge in [0, 0.05) is 24.6 Å². The molecule has 1 aliphatic carbocycles. The predicted molar refractivity (Wildman–Crippen MR) is 142 cm³/mol. The highest BCUT2D eigenvalue weighted by atomic mass is 35.5. The summed E-state index contributed by atoms with van der Waals surface area (Å²) in [5, 5.41) is 17.2. The van der Waals surface area contributed by atoms with E-state index < -0.39 is 48.2 Å². The van der Waals surface area contributed by atoms with Gasteiger partial charge in [0.1, 0.15) is 5.75 Å². The van der Waals surface area contributed by atoms with Gasteiger partial charge >= 0.3 is 24.4 Å². The van der Waals surface area contributed by atoms with Gasteiger partial charge in [0.25, 0.3) is 5.91 Å². The molecule has 0 bridgehead atoms. The topological polar surface area (TPSA) is 111 Å². The molecule has 3 rings (SSSR count). The molecule has 0 radical (unpaired) electrons. The Kier molecular flexibility index (Phi) is 12.3. The van der Waals surface area contributed by atoms with Crippen LogP contribution >= 0.6 is 11.6 Å². The summed E-state index contributed by atoms with van der Waals surface area (Å²) in [6.45, 7) is 3.02. The first-order valence-corrected chi connectivity index (χ1v) is 13.9. The van der Waals surface area contributed by atoms with Crippen LogP contribution in [0.3, 0.4) is 0 Å². The highest BCUT2D eigenvalue weighted by Gasteiger charge is 2.47. The van der Waals surface area contributed by atoms with Crippen molar-refractivity contribution in [3.05, 3.63) is 34.5 Å². The number of rotatable bonds is 9. The van der Waals surface area contributed by atoms with Crippen LogP contribution in [-0.2, 0) is 24.5 Å². The summed E-state index contributed by atoms with van der Waals surface area (Å²) in [7, 11) is 0. The molecular weight excluding hydrogens is 597 g/mol. The minimum atomic E-state index is -4.51. The van der Waals surface area contributed by atoms with E-state index in [0.717, 1.165) is 32.8 Å². The number of amides is 1. The zero-order valence-electron chi connectivity index (χ0n) is 22.9. The van der Waals surface area contributed by atoms with Gasteiger partial charge in [0.15, 0.2) is 5.69 Å². The maximum Gasteiger partial charge on any atom is 0.394 e. The van der Waals surface area contributed by atoms with Gasteiger partial charge in [-0.05, 0) is 49.8 Å². The molecular formula is C26H33ClF5N3O5S. The number of benzene rings is 1. The maximum atomic E-state index is 13.4. The molecule has 1 heterocycles. The fraction of sp³-hybridized carbons (Fsp3) is 0.615. The average molecular weight is 630 g/mol. The Morgan fingerprint density at radius 3 is 2.44 bits per heavy atom. The predicted octanol–water partition coefficient (Wildman–Crippen LogP) is 5.81. The minimum absolute atomic E-state index is 0.0638. The first-order valence-electron chi connectivity index (χ1n) is 12.8. The molecule has 0 aliphatic heterocycles. The van der Waals surface area contributed by atoms with Crippen LogP contribution in [0.25, 0.3) is 11.3 Å².